The highest BCUT2D eigenvalue weighted by Gasteiger charge is 2.29. The number of benzene rings is 1. The fourth-order valence-electron chi connectivity index (χ4n) is 3.00. The van der Waals surface area contributed by atoms with Gasteiger partial charge in [-0.1, -0.05) is 26.0 Å². The summed E-state index contributed by atoms with van der Waals surface area (Å²) in [5, 5.41) is 8.58. The summed E-state index contributed by atoms with van der Waals surface area (Å²) in [6, 6.07) is 9.52. The van der Waals surface area contributed by atoms with Gasteiger partial charge in [0, 0.05) is 19.8 Å². The number of aromatic nitrogens is 4. The van der Waals surface area contributed by atoms with Gasteiger partial charge in [-0.05, 0) is 43.5 Å². The summed E-state index contributed by atoms with van der Waals surface area (Å²) in [5.74, 6) is 0.375. The molecule has 1 aromatic carbocycles. The zero-order valence-electron chi connectivity index (χ0n) is 17.0. The predicted octanol–water partition coefficient (Wildman–Crippen LogP) is 3.46. The molecule has 0 saturated heterocycles. The van der Waals surface area contributed by atoms with E-state index in [4.69, 9.17) is 0 Å². The molecule has 0 unspecified atom stereocenters. The van der Waals surface area contributed by atoms with E-state index in [-0.39, 0.29) is 11.4 Å². The van der Waals surface area contributed by atoms with E-state index in [9.17, 15) is 8.42 Å². The highest BCUT2D eigenvalue weighted by atomic mass is 32.2. The minimum atomic E-state index is -3.79. The van der Waals surface area contributed by atoms with E-state index in [1.54, 1.807) is 23.3 Å². The maximum Gasteiger partial charge on any atom is 0.268 e. The van der Waals surface area contributed by atoms with Crippen molar-refractivity contribution in [3.05, 3.63) is 59.7 Å². The van der Waals surface area contributed by atoms with Crippen molar-refractivity contribution in [3.8, 4) is 0 Å². The van der Waals surface area contributed by atoms with E-state index in [0.717, 1.165) is 12.1 Å². The number of hydrogen-bond donors (Lipinski definition) is 0. The van der Waals surface area contributed by atoms with Crippen LogP contribution >= 0.6 is 0 Å². The molecule has 150 valence electrons. The monoisotopic (exact) mass is 401 g/mol. The van der Waals surface area contributed by atoms with Crippen LogP contribution in [-0.4, -0.2) is 28.0 Å². The molecule has 2 heterocycles. The highest BCUT2D eigenvalue weighted by molar-refractivity contribution is 7.92. The number of hydrogen-bond acceptors (Lipinski definition) is 4. The normalized spacial score (nSPS) is 11.9. The molecule has 0 atom stereocenters. The molecular weight excluding hydrogens is 374 g/mol. The Morgan fingerprint density at radius 2 is 1.82 bits per heavy atom. The van der Waals surface area contributed by atoms with Gasteiger partial charge in [-0.15, -0.1) is 0 Å². The SMILES string of the molecule is CCn1ccc(CN(c2ccc(C(C)C)cc2)S(=O)(=O)c2cnn(C)c2C)n1. The molecule has 0 bridgehead atoms. The molecule has 8 heteroatoms. The second-order valence-electron chi connectivity index (χ2n) is 7.14. The van der Waals surface area contributed by atoms with E-state index in [0.29, 0.717) is 23.0 Å². The molecule has 0 aliphatic carbocycles. The molecule has 0 fully saturated rings. The molecule has 0 spiro atoms. The lowest BCUT2D eigenvalue weighted by molar-refractivity contribution is 0.587. The van der Waals surface area contributed by atoms with E-state index < -0.39 is 10.0 Å². The summed E-state index contributed by atoms with van der Waals surface area (Å²) in [7, 11) is -2.06. The summed E-state index contributed by atoms with van der Waals surface area (Å²) in [5.41, 5.74) is 3.07. The summed E-state index contributed by atoms with van der Waals surface area (Å²) in [6.07, 6.45) is 3.27. The molecule has 2 aromatic heterocycles. The number of anilines is 1. The van der Waals surface area contributed by atoms with Crippen molar-refractivity contribution in [2.45, 2.75) is 51.6 Å². The van der Waals surface area contributed by atoms with Crippen LogP contribution in [0.15, 0.2) is 47.6 Å². The Kier molecular flexibility index (Phi) is 5.60. The lowest BCUT2D eigenvalue weighted by Crippen LogP contribution is -2.31. The van der Waals surface area contributed by atoms with Gasteiger partial charge >= 0.3 is 0 Å². The third kappa shape index (κ3) is 3.82. The Bertz CT molecular complexity index is 1050. The Balaban J connectivity index is 2.06. The smallest absolute Gasteiger partial charge is 0.268 e. The van der Waals surface area contributed by atoms with E-state index >= 15 is 0 Å². The number of nitrogens with zero attached hydrogens (tertiary/aromatic N) is 5. The minimum Gasteiger partial charge on any atom is -0.273 e. The van der Waals surface area contributed by atoms with Crippen molar-refractivity contribution in [1.29, 1.82) is 0 Å². The third-order valence-electron chi connectivity index (χ3n) is 4.93. The Morgan fingerprint density at radius 1 is 1.14 bits per heavy atom. The van der Waals surface area contributed by atoms with Crippen LogP contribution in [0.1, 0.15) is 43.6 Å². The first-order chi connectivity index (χ1) is 13.2. The molecule has 0 N–H and O–H groups in total. The van der Waals surface area contributed by atoms with E-state index in [2.05, 4.69) is 24.0 Å². The van der Waals surface area contributed by atoms with Gasteiger partial charge in [0.05, 0.1) is 29.8 Å². The van der Waals surface area contributed by atoms with Crippen molar-refractivity contribution >= 4 is 15.7 Å². The Labute approximate surface area is 166 Å². The summed E-state index contributed by atoms with van der Waals surface area (Å²) < 4.78 is 31.8. The van der Waals surface area contributed by atoms with Crippen LogP contribution in [0.3, 0.4) is 0 Å². The largest absolute Gasteiger partial charge is 0.273 e. The van der Waals surface area contributed by atoms with E-state index in [1.165, 1.54) is 10.5 Å². The van der Waals surface area contributed by atoms with Crippen LogP contribution in [0.25, 0.3) is 0 Å². The first kappa shape index (κ1) is 20.1. The van der Waals surface area contributed by atoms with Crippen molar-refractivity contribution < 1.29 is 8.42 Å². The molecular formula is C20H27N5O2S. The fourth-order valence-corrected chi connectivity index (χ4v) is 4.63. The molecule has 28 heavy (non-hydrogen) atoms. The van der Waals surface area contributed by atoms with Gasteiger partial charge in [-0.25, -0.2) is 8.42 Å². The lowest BCUT2D eigenvalue weighted by atomic mass is 10.0. The molecule has 0 amide bonds. The average molecular weight is 402 g/mol. The molecule has 3 rings (SSSR count). The van der Waals surface area contributed by atoms with Crippen molar-refractivity contribution in [3.63, 3.8) is 0 Å². The zero-order valence-corrected chi connectivity index (χ0v) is 17.8. The Morgan fingerprint density at radius 3 is 2.32 bits per heavy atom. The first-order valence-electron chi connectivity index (χ1n) is 9.37. The van der Waals surface area contributed by atoms with Crippen molar-refractivity contribution in [1.82, 2.24) is 19.6 Å². The van der Waals surface area contributed by atoms with Crippen LogP contribution in [0.4, 0.5) is 5.69 Å². The molecule has 7 nitrogen and oxygen atoms in total. The summed E-state index contributed by atoms with van der Waals surface area (Å²) in [4.78, 5) is 0.206. The van der Waals surface area contributed by atoms with Gasteiger partial charge < -0.3 is 0 Å². The zero-order chi connectivity index (χ0) is 20.5. The quantitative estimate of drug-likeness (QED) is 0.608. The molecule has 0 aliphatic heterocycles. The minimum absolute atomic E-state index is 0.157. The van der Waals surface area contributed by atoms with Crippen LogP contribution in [-0.2, 0) is 30.2 Å². The topological polar surface area (TPSA) is 73.0 Å². The number of aryl methyl sites for hydroxylation is 2. The Hall–Kier alpha value is -2.61. The van der Waals surface area contributed by atoms with Gasteiger partial charge in [0.1, 0.15) is 4.90 Å². The fraction of sp³-hybridized carbons (Fsp3) is 0.400. The average Bonchev–Trinajstić information content (AvgIpc) is 3.26. The van der Waals surface area contributed by atoms with Crippen LogP contribution in [0.2, 0.25) is 0 Å². The maximum absolute atomic E-state index is 13.5. The van der Waals surface area contributed by atoms with Crippen molar-refractivity contribution in [2.75, 3.05) is 4.31 Å². The second kappa shape index (κ2) is 7.79. The highest BCUT2D eigenvalue weighted by Crippen LogP contribution is 2.28. The van der Waals surface area contributed by atoms with Gasteiger partial charge in [0.25, 0.3) is 10.0 Å². The molecule has 0 saturated carbocycles. The molecule has 0 radical (unpaired) electrons. The number of rotatable bonds is 7. The predicted molar refractivity (Wildman–Crippen MR) is 110 cm³/mol. The molecule has 0 aliphatic rings. The van der Waals surface area contributed by atoms with Gasteiger partial charge in [0.15, 0.2) is 0 Å². The van der Waals surface area contributed by atoms with Gasteiger partial charge in [-0.3, -0.25) is 13.7 Å². The van der Waals surface area contributed by atoms with Gasteiger partial charge in [0.2, 0.25) is 0 Å². The lowest BCUT2D eigenvalue weighted by Gasteiger charge is -2.24. The summed E-state index contributed by atoms with van der Waals surface area (Å²) >= 11 is 0. The van der Waals surface area contributed by atoms with Crippen LogP contribution < -0.4 is 4.31 Å². The van der Waals surface area contributed by atoms with Crippen LogP contribution in [0, 0.1) is 6.92 Å². The number of sulfonamides is 1. The first-order valence-corrected chi connectivity index (χ1v) is 10.8. The van der Waals surface area contributed by atoms with Crippen molar-refractivity contribution in [2.24, 2.45) is 7.05 Å². The van der Waals surface area contributed by atoms with Gasteiger partial charge in [-0.2, -0.15) is 10.2 Å². The second-order valence-corrected chi connectivity index (χ2v) is 8.97. The maximum atomic E-state index is 13.5. The summed E-state index contributed by atoms with van der Waals surface area (Å²) in [6.45, 7) is 8.86. The standard InChI is InChI=1S/C20H27N5O2S/c1-6-24-12-11-18(22-24)14-25(19-9-7-17(8-10-19)15(2)3)28(26,27)20-13-21-23(5)16(20)4/h7-13,15H,6,14H2,1-5H3. The van der Waals surface area contributed by atoms with Crippen LogP contribution in [0.5, 0.6) is 0 Å². The van der Waals surface area contributed by atoms with E-state index in [1.807, 2.05) is 43.5 Å². The third-order valence-corrected chi connectivity index (χ3v) is 6.81. The molecule has 3 aromatic rings.